The minimum Gasteiger partial charge on any atom is -0.496 e. The lowest BCUT2D eigenvalue weighted by molar-refractivity contribution is 0.0300. The minimum atomic E-state index is -3.98. The molecule has 10 heteroatoms. The zero-order valence-electron chi connectivity index (χ0n) is 14.9. The molecule has 1 fully saturated rings. The summed E-state index contributed by atoms with van der Waals surface area (Å²) in [5.41, 5.74) is 0.380. The summed E-state index contributed by atoms with van der Waals surface area (Å²) in [5.74, 6) is -0.0239. The molecule has 1 saturated heterocycles. The molecule has 0 aromatic heterocycles. The number of anilines is 1. The van der Waals surface area contributed by atoms with Crippen LogP contribution in [0.4, 0.5) is 5.69 Å². The van der Waals surface area contributed by atoms with Crippen molar-refractivity contribution in [2.45, 2.75) is 4.90 Å². The van der Waals surface area contributed by atoms with Gasteiger partial charge in [-0.1, -0.05) is 23.2 Å². The number of nitrogens with one attached hydrogen (secondary N) is 1. The third kappa shape index (κ3) is 4.70. The van der Waals surface area contributed by atoms with Gasteiger partial charge in [0.1, 0.15) is 5.75 Å². The Labute approximate surface area is 173 Å². The molecule has 1 N–H and O–H groups in total. The number of sulfonamides is 1. The molecular formula is C18H18Cl2N2O5S. The Morgan fingerprint density at radius 1 is 1.11 bits per heavy atom. The van der Waals surface area contributed by atoms with Crippen LogP contribution >= 0.6 is 23.2 Å². The number of amides is 1. The van der Waals surface area contributed by atoms with Crippen molar-refractivity contribution in [1.82, 2.24) is 4.90 Å². The number of hydrogen-bond donors (Lipinski definition) is 1. The predicted octanol–water partition coefficient (Wildman–Crippen LogP) is 3.28. The molecule has 28 heavy (non-hydrogen) atoms. The summed E-state index contributed by atoms with van der Waals surface area (Å²) in [7, 11) is -2.55. The Bertz CT molecular complexity index is 971. The Balaban J connectivity index is 1.93. The maximum absolute atomic E-state index is 12.8. The van der Waals surface area contributed by atoms with Crippen molar-refractivity contribution in [3.05, 3.63) is 52.0 Å². The highest BCUT2D eigenvalue weighted by Gasteiger charge is 2.25. The average molecular weight is 445 g/mol. The topological polar surface area (TPSA) is 84.9 Å². The van der Waals surface area contributed by atoms with Crippen molar-refractivity contribution in [2.24, 2.45) is 0 Å². The van der Waals surface area contributed by atoms with E-state index in [9.17, 15) is 13.2 Å². The van der Waals surface area contributed by atoms with Crippen LogP contribution in [0.1, 0.15) is 10.4 Å². The van der Waals surface area contributed by atoms with E-state index in [-0.39, 0.29) is 22.1 Å². The summed E-state index contributed by atoms with van der Waals surface area (Å²) in [5, 5.41) is 0.589. The van der Waals surface area contributed by atoms with Gasteiger partial charge in [0.25, 0.3) is 15.9 Å². The lowest BCUT2D eigenvalue weighted by atomic mass is 10.1. The van der Waals surface area contributed by atoms with E-state index in [0.29, 0.717) is 42.1 Å². The highest BCUT2D eigenvalue weighted by atomic mass is 35.5. The Hall–Kier alpha value is -2.00. The quantitative estimate of drug-likeness (QED) is 0.764. The fourth-order valence-electron chi connectivity index (χ4n) is 2.79. The van der Waals surface area contributed by atoms with Gasteiger partial charge in [-0.3, -0.25) is 9.52 Å². The maximum Gasteiger partial charge on any atom is 0.261 e. The largest absolute Gasteiger partial charge is 0.496 e. The lowest BCUT2D eigenvalue weighted by Gasteiger charge is -2.27. The SMILES string of the molecule is COc1ccc(S(=O)(=O)Nc2cc(Cl)cc(Cl)c2)cc1C(=O)N1CCOCC1. The average Bonchev–Trinajstić information content (AvgIpc) is 2.66. The molecule has 0 bridgehead atoms. The predicted molar refractivity (Wildman–Crippen MR) is 107 cm³/mol. The molecular weight excluding hydrogens is 427 g/mol. The Kier molecular flexibility index (Phi) is 6.34. The van der Waals surface area contributed by atoms with Crippen LogP contribution in [0.2, 0.25) is 10.0 Å². The van der Waals surface area contributed by atoms with Crippen molar-refractivity contribution in [2.75, 3.05) is 38.1 Å². The fraction of sp³-hybridized carbons (Fsp3) is 0.278. The number of carbonyl (C=O) groups is 1. The molecule has 1 aliphatic heterocycles. The molecule has 0 aliphatic carbocycles. The van der Waals surface area contributed by atoms with Crippen LogP contribution in [-0.4, -0.2) is 52.6 Å². The van der Waals surface area contributed by atoms with Gasteiger partial charge in [0.15, 0.2) is 0 Å². The second kappa shape index (κ2) is 8.57. The number of methoxy groups -OCH3 is 1. The van der Waals surface area contributed by atoms with E-state index in [1.807, 2.05) is 0 Å². The summed E-state index contributed by atoms with van der Waals surface area (Å²) in [6.45, 7) is 1.72. The van der Waals surface area contributed by atoms with Gasteiger partial charge in [0.05, 0.1) is 36.5 Å². The summed E-state index contributed by atoms with van der Waals surface area (Å²) in [6, 6.07) is 8.48. The first-order valence-electron chi connectivity index (χ1n) is 8.34. The highest BCUT2D eigenvalue weighted by molar-refractivity contribution is 7.92. The molecule has 0 saturated carbocycles. The molecule has 2 aromatic carbocycles. The third-order valence-corrected chi connectivity index (χ3v) is 5.94. The van der Waals surface area contributed by atoms with Crippen molar-refractivity contribution in [3.63, 3.8) is 0 Å². The summed E-state index contributed by atoms with van der Waals surface area (Å²) < 4.78 is 38.5. The first-order valence-corrected chi connectivity index (χ1v) is 10.6. The van der Waals surface area contributed by atoms with Gasteiger partial charge in [0.2, 0.25) is 0 Å². The number of halogens is 2. The normalized spacial score (nSPS) is 14.6. The van der Waals surface area contributed by atoms with E-state index < -0.39 is 10.0 Å². The summed E-state index contributed by atoms with van der Waals surface area (Å²) in [6.07, 6.45) is 0. The van der Waals surface area contributed by atoms with Gasteiger partial charge in [0, 0.05) is 23.1 Å². The van der Waals surface area contributed by atoms with Crippen molar-refractivity contribution in [1.29, 1.82) is 0 Å². The molecule has 0 spiro atoms. The van der Waals surface area contributed by atoms with Gasteiger partial charge in [-0.15, -0.1) is 0 Å². The second-order valence-corrected chi connectivity index (χ2v) is 8.59. The Morgan fingerprint density at radius 3 is 2.36 bits per heavy atom. The first-order chi connectivity index (χ1) is 13.3. The number of hydrogen-bond acceptors (Lipinski definition) is 5. The fourth-order valence-corrected chi connectivity index (χ4v) is 4.38. The molecule has 1 aliphatic rings. The van der Waals surface area contributed by atoms with Crippen molar-refractivity contribution in [3.8, 4) is 5.75 Å². The molecule has 1 amide bonds. The van der Waals surface area contributed by atoms with Crippen molar-refractivity contribution < 1.29 is 22.7 Å². The van der Waals surface area contributed by atoms with Crippen LogP contribution in [0.15, 0.2) is 41.3 Å². The van der Waals surface area contributed by atoms with Crippen LogP contribution < -0.4 is 9.46 Å². The number of ether oxygens (including phenoxy) is 2. The first kappa shape index (κ1) is 20.7. The number of nitrogens with zero attached hydrogens (tertiary/aromatic N) is 1. The van der Waals surface area contributed by atoms with Crippen LogP contribution in [0, 0.1) is 0 Å². The van der Waals surface area contributed by atoms with Gasteiger partial charge in [-0.25, -0.2) is 8.42 Å². The minimum absolute atomic E-state index is 0.0824. The Morgan fingerprint density at radius 2 is 1.75 bits per heavy atom. The van der Waals surface area contributed by atoms with Gasteiger partial charge in [-0.05, 0) is 36.4 Å². The zero-order chi connectivity index (χ0) is 20.3. The molecule has 3 rings (SSSR count). The van der Waals surface area contributed by atoms with Crippen molar-refractivity contribution >= 4 is 44.8 Å². The van der Waals surface area contributed by atoms with E-state index in [1.54, 1.807) is 4.90 Å². The highest BCUT2D eigenvalue weighted by Crippen LogP contribution is 2.28. The van der Waals surface area contributed by atoms with E-state index in [2.05, 4.69) is 4.72 Å². The standard InChI is InChI=1S/C18H18Cl2N2O5S/c1-26-17-3-2-15(11-16(17)18(23)22-4-6-27-7-5-22)28(24,25)21-14-9-12(19)8-13(20)10-14/h2-3,8-11,21H,4-7H2,1H3. The third-order valence-electron chi connectivity index (χ3n) is 4.12. The maximum atomic E-state index is 12.8. The number of rotatable bonds is 5. The van der Waals surface area contributed by atoms with Crippen LogP contribution in [-0.2, 0) is 14.8 Å². The molecule has 0 atom stereocenters. The van der Waals surface area contributed by atoms with Crippen LogP contribution in [0.25, 0.3) is 0 Å². The molecule has 1 heterocycles. The zero-order valence-corrected chi connectivity index (χ0v) is 17.3. The smallest absolute Gasteiger partial charge is 0.261 e. The molecule has 150 valence electrons. The van der Waals surface area contributed by atoms with Gasteiger partial charge >= 0.3 is 0 Å². The molecule has 0 unspecified atom stereocenters. The number of carbonyl (C=O) groups excluding carboxylic acids is 1. The van der Waals surface area contributed by atoms with Gasteiger partial charge in [-0.2, -0.15) is 0 Å². The van der Waals surface area contributed by atoms with Gasteiger partial charge < -0.3 is 14.4 Å². The van der Waals surface area contributed by atoms with E-state index in [0.717, 1.165) is 0 Å². The summed E-state index contributed by atoms with van der Waals surface area (Å²) >= 11 is 11.8. The molecule has 7 nitrogen and oxygen atoms in total. The lowest BCUT2D eigenvalue weighted by Crippen LogP contribution is -2.40. The van der Waals surface area contributed by atoms with Crippen LogP contribution in [0.5, 0.6) is 5.75 Å². The van der Waals surface area contributed by atoms with E-state index >= 15 is 0 Å². The number of benzene rings is 2. The molecule has 2 aromatic rings. The monoisotopic (exact) mass is 444 g/mol. The van der Waals surface area contributed by atoms with Crippen LogP contribution in [0.3, 0.4) is 0 Å². The second-order valence-electron chi connectivity index (χ2n) is 6.03. The number of morpholine rings is 1. The van der Waals surface area contributed by atoms with E-state index in [1.165, 1.54) is 43.5 Å². The molecule has 0 radical (unpaired) electrons. The van der Waals surface area contributed by atoms with E-state index in [4.69, 9.17) is 32.7 Å². The summed E-state index contributed by atoms with van der Waals surface area (Å²) in [4.78, 5) is 14.4.